The summed E-state index contributed by atoms with van der Waals surface area (Å²) in [5, 5.41) is 2.83. The van der Waals surface area contributed by atoms with Crippen molar-refractivity contribution < 1.29 is 9.53 Å². The highest BCUT2D eigenvalue weighted by Gasteiger charge is 2.12. The number of para-hydroxylation sites is 3. The van der Waals surface area contributed by atoms with Gasteiger partial charge < -0.3 is 15.0 Å². The van der Waals surface area contributed by atoms with Crippen LogP contribution in [-0.4, -0.2) is 29.5 Å². The Morgan fingerprint density at radius 1 is 1.04 bits per heavy atom. The first-order chi connectivity index (χ1) is 12.7. The molecule has 3 rings (SSSR count). The molecule has 0 unspecified atom stereocenters. The van der Waals surface area contributed by atoms with Crippen molar-refractivity contribution in [3.63, 3.8) is 0 Å². The van der Waals surface area contributed by atoms with Gasteiger partial charge in [0.25, 0.3) is 5.91 Å². The van der Waals surface area contributed by atoms with Gasteiger partial charge in [0.15, 0.2) is 0 Å². The third-order valence-corrected chi connectivity index (χ3v) is 3.78. The summed E-state index contributed by atoms with van der Waals surface area (Å²) in [5.41, 5.74) is 1.96. The second kappa shape index (κ2) is 8.11. The molecule has 0 spiro atoms. The predicted molar refractivity (Wildman–Crippen MR) is 102 cm³/mol. The molecule has 0 aliphatic carbocycles. The number of nitrogens with zero attached hydrogens (tertiary/aromatic N) is 3. The average Bonchev–Trinajstić information content (AvgIpc) is 2.70. The van der Waals surface area contributed by atoms with Crippen molar-refractivity contribution in [2.45, 2.75) is 6.92 Å². The first-order valence-corrected chi connectivity index (χ1v) is 8.33. The lowest BCUT2D eigenvalue weighted by Gasteiger charge is -2.17. The number of anilines is 3. The van der Waals surface area contributed by atoms with E-state index in [1.165, 1.54) is 12.4 Å². The Balaban J connectivity index is 1.73. The second-order valence-corrected chi connectivity index (χ2v) is 5.55. The normalized spacial score (nSPS) is 10.2. The fraction of sp³-hybridized carbons (Fsp3) is 0.150. The van der Waals surface area contributed by atoms with Crippen molar-refractivity contribution >= 4 is 23.2 Å². The largest absolute Gasteiger partial charge is 0.492 e. The van der Waals surface area contributed by atoms with Crippen molar-refractivity contribution in [2.75, 3.05) is 23.9 Å². The summed E-state index contributed by atoms with van der Waals surface area (Å²) in [7, 11) is 1.88. The van der Waals surface area contributed by atoms with Crippen LogP contribution in [0.3, 0.4) is 0 Å². The molecular weight excluding hydrogens is 328 g/mol. The molecule has 26 heavy (non-hydrogen) atoms. The molecule has 0 saturated carbocycles. The van der Waals surface area contributed by atoms with E-state index >= 15 is 0 Å². The number of hydrogen-bond donors (Lipinski definition) is 1. The molecule has 6 heteroatoms. The van der Waals surface area contributed by atoms with Crippen LogP contribution in [0.5, 0.6) is 5.75 Å². The van der Waals surface area contributed by atoms with Gasteiger partial charge in [-0.1, -0.05) is 30.3 Å². The third kappa shape index (κ3) is 3.97. The summed E-state index contributed by atoms with van der Waals surface area (Å²) in [6.45, 7) is 2.42. The zero-order chi connectivity index (χ0) is 18.4. The van der Waals surface area contributed by atoms with E-state index in [0.29, 0.717) is 29.6 Å². The van der Waals surface area contributed by atoms with Crippen molar-refractivity contribution in [1.82, 2.24) is 9.97 Å². The number of aromatic nitrogens is 2. The van der Waals surface area contributed by atoms with Gasteiger partial charge in [-0.05, 0) is 31.2 Å². The predicted octanol–water partition coefficient (Wildman–Crippen LogP) is 3.90. The van der Waals surface area contributed by atoms with E-state index in [1.54, 1.807) is 6.07 Å². The van der Waals surface area contributed by atoms with Crippen LogP contribution in [0.1, 0.15) is 17.3 Å². The molecule has 3 aromatic rings. The maximum Gasteiger partial charge on any atom is 0.258 e. The number of rotatable bonds is 6. The minimum absolute atomic E-state index is 0.286. The highest BCUT2D eigenvalue weighted by Crippen LogP contribution is 2.24. The first kappa shape index (κ1) is 17.4. The molecule has 1 aromatic heterocycles. The van der Waals surface area contributed by atoms with Crippen LogP contribution in [0.4, 0.5) is 17.3 Å². The zero-order valence-corrected chi connectivity index (χ0v) is 14.7. The Morgan fingerprint density at radius 2 is 1.69 bits per heavy atom. The SMILES string of the molecule is CCOc1ccccc1NC(=O)c1cnc(N(C)c2ccccc2)nc1. The standard InChI is InChI=1S/C20H20N4O2/c1-3-26-18-12-8-7-11-17(18)23-19(25)15-13-21-20(22-14-15)24(2)16-9-5-4-6-10-16/h4-14H,3H2,1-2H3,(H,23,25). The molecule has 0 bridgehead atoms. The minimum atomic E-state index is -0.286. The lowest BCUT2D eigenvalue weighted by Crippen LogP contribution is -2.16. The first-order valence-electron chi connectivity index (χ1n) is 8.33. The van der Waals surface area contributed by atoms with Crippen LogP contribution in [0, 0.1) is 0 Å². The lowest BCUT2D eigenvalue weighted by molar-refractivity contribution is 0.102. The van der Waals surface area contributed by atoms with E-state index in [4.69, 9.17) is 4.74 Å². The highest BCUT2D eigenvalue weighted by atomic mass is 16.5. The summed E-state index contributed by atoms with van der Waals surface area (Å²) in [4.78, 5) is 22.9. The monoisotopic (exact) mass is 348 g/mol. The second-order valence-electron chi connectivity index (χ2n) is 5.55. The molecule has 1 N–H and O–H groups in total. The Labute approximate surface area is 152 Å². The van der Waals surface area contributed by atoms with Gasteiger partial charge >= 0.3 is 0 Å². The van der Waals surface area contributed by atoms with Crippen LogP contribution in [0.25, 0.3) is 0 Å². The maximum absolute atomic E-state index is 12.5. The summed E-state index contributed by atoms with van der Waals surface area (Å²) >= 11 is 0. The smallest absolute Gasteiger partial charge is 0.258 e. The fourth-order valence-corrected chi connectivity index (χ4v) is 2.42. The number of carbonyl (C=O) groups is 1. The molecule has 0 aliphatic rings. The van der Waals surface area contributed by atoms with Gasteiger partial charge in [0, 0.05) is 25.1 Å². The highest BCUT2D eigenvalue weighted by molar-refractivity contribution is 6.04. The van der Waals surface area contributed by atoms with Crippen LogP contribution in [0.15, 0.2) is 67.0 Å². The molecule has 0 fully saturated rings. The number of hydrogen-bond acceptors (Lipinski definition) is 5. The van der Waals surface area contributed by atoms with E-state index in [2.05, 4.69) is 15.3 Å². The van der Waals surface area contributed by atoms with Gasteiger partial charge in [-0.3, -0.25) is 4.79 Å². The van der Waals surface area contributed by atoms with E-state index < -0.39 is 0 Å². The molecule has 0 atom stereocenters. The van der Waals surface area contributed by atoms with Crippen molar-refractivity contribution in [3.05, 3.63) is 72.6 Å². The Bertz CT molecular complexity index is 866. The average molecular weight is 348 g/mol. The molecule has 2 aromatic carbocycles. The van der Waals surface area contributed by atoms with Crippen LogP contribution in [0.2, 0.25) is 0 Å². The number of carbonyl (C=O) groups excluding carboxylic acids is 1. The van der Waals surface area contributed by atoms with Crippen molar-refractivity contribution in [1.29, 1.82) is 0 Å². The molecule has 1 heterocycles. The van der Waals surface area contributed by atoms with Gasteiger partial charge in [0.05, 0.1) is 17.9 Å². The van der Waals surface area contributed by atoms with E-state index in [9.17, 15) is 4.79 Å². The van der Waals surface area contributed by atoms with Gasteiger partial charge in [-0.25, -0.2) is 9.97 Å². The molecule has 0 aliphatic heterocycles. The number of ether oxygens (including phenoxy) is 1. The minimum Gasteiger partial charge on any atom is -0.492 e. The Kier molecular flexibility index (Phi) is 5.43. The summed E-state index contributed by atoms with van der Waals surface area (Å²) in [5.74, 6) is 0.859. The Morgan fingerprint density at radius 3 is 2.38 bits per heavy atom. The summed E-state index contributed by atoms with van der Waals surface area (Å²) in [6.07, 6.45) is 3.03. The van der Waals surface area contributed by atoms with E-state index in [1.807, 2.05) is 67.4 Å². The van der Waals surface area contributed by atoms with Gasteiger partial charge in [-0.2, -0.15) is 0 Å². The van der Waals surface area contributed by atoms with Gasteiger partial charge in [0.2, 0.25) is 5.95 Å². The number of benzene rings is 2. The van der Waals surface area contributed by atoms with E-state index in [-0.39, 0.29) is 5.91 Å². The quantitative estimate of drug-likeness (QED) is 0.732. The van der Waals surface area contributed by atoms with Crippen molar-refractivity contribution in [2.24, 2.45) is 0 Å². The van der Waals surface area contributed by atoms with Gasteiger partial charge in [-0.15, -0.1) is 0 Å². The molecular formula is C20H20N4O2. The van der Waals surface area contributed by atoms with Crippen LogP contribution >= 0.6 is 0 Å². The molecule has 0 radical (unpaired) electrons. The fourth-order valence-electron chi connectivity index (χ4n) is 2.42. The summed E-state index contributed by atoms with van der Waals surface area (Å²) in [6, 6.07) is 17.1. The molecule has 132 valence electrons. The number of amides is 1. The molecule has 0 saturated heterocycles. The number of nitrogens with one attached hydrogen (secondary N) is 1. The van der Waals surface area contributed by atoms with Crippen LogP contribution in [-0.2, 0) is 0 Å². The summed E-state index contributed by atoms with van der Waals surface area (Å²) < 4.78 is 5.52. The molecule has 6 nitrogen and oxygen atoms in total. The zero-order valence-electron chi connectivity index (χ0n) is 14.7. The van der Waals surface area contributed by atoms with Gasteiger partial charge in [0.1, 0.15) is 5.75 Å². The van der Waals surface area contributed by atoms with E-state index in [0.717, 1.165) is 5.69 Å². The topological polar surface area (TPSA) is 67.3 Å². The third-order valence-electron chi connectivity index (χ3n) is 3.78. The lowest BCUT2D eigenvalue weighted by atomic mass is 10.2. The van der Waals surface area contributed by atoms with Crippen molar-refractivity contribution in [3.8, 4) is 5.75 Å². The van der Waals surface area contributed by atoms with Crippen LogP contribution < -0.4 is 15.0 Å². The molecule has 1 amide bonds. The maximum atomic E-state index is 12.5. The Hall–Kier alpha value is -3.41.